The second-order valence-corrected chi connectivity index (χ2v) is 17.4. The Morgan fingerprint density at radius 3 is 1.05 bits per heavy atom. The van der Waals surface area contributed by atoms with Gasteiger partial charge in [0, 0.05) is 19.3 Å². The lowest BCUT2D eigenvalue weighted by Gasteiger charge is -2.18. The molecule has 6 nitrogen and oxygen atoms in total. The van der Waals surface area contributed by atoms with Crippen molar-refractivity contribution in [3.63, 3.8) is 0 Å². The largest absolute Gasteiger partial charge is 0.462 e. The summed E-state index contributed by atoms with van der Waals surface area (Å²) in [7, 11) is 0. The van der Waals surface area contributed by atoms with E-state index < -0.39 is 6.10 Å². The molecule has 6 heteroatoms. The van der Waals surface area contributed by atoms with Gasteiger partial charge in [0.2, 0.25) is 0 Å². The van der Waals surface area contributed by atoms with Crippen molar-refractivity contribution in [3.8, 4) is 0 Å². The molecule has 0 aliphatic rings. The monoisotopic (exact) mass is 867 g/mol. The first-order valence-corrected chi connectivity index (χ1v) is 26.3. The zero-order chi connectivity index (χ0) is 45.1. The number of allylic oxidation sites excluding steroid dienone is 10. The van der Waals surface area contributed by atoms with Crippen LogP contribution in [0.4, 0.5) is 0 Å². The van der Waals surface area contributed by atoms with Crippen LogP contribution in [0.1, 0.15) is 258 Å². The van der Waals surface area contributed by atoms with Crippen LogP contribution in [0.15, 0.2) is 60.8 Å². The average molecular weight is 867 g/mol. The van der Waals surface area contributed by atoms with E-state index in [2.05, 4.69) is 81.5 Å². The molecule has 0 aliphatic carbocycles. The second-order valence-electron chi connectivity index (χ2n) is 17.4. The van der Waals surface area contributed by atoms with Gasteiger partial charge in [-0.25, -0.2) is 0 Å². The van der Waals surface area contributed by atoms with Crippen LogP contribution in [0, 0.1) is 0 Å². The van der Waals surface area contributed by atoms with E-state index in [0.717, 1.165) is 77.0 Å². The number of esters is 3. The predicted octanol–water partition coefficient (Wildman–Crippen LogP) is 17.3. The number of unbranched alkanes of at least 4 members (excludes halogenated alkanes) is 26. The minimum atomic E-state index is -0.796. The summed E-state index contributed by atoms with van der Waals surface area (Å²) in [5.41, 5.74) is 0. The molecule has 0 N–H and O–H groups in total. The van der Waals surface area contributed by atoms with Crippen molar-refractivity contribution in [2.24, 2.45) is 0 Å². The maximum absolute atomic E-state index is 12.8. The van der Waals surface area contributed by atoms with E-state index in [1.807, 2.05) is 0 Å². The van der Waals surface area contributed by atoms with Gasteiger partial charge in [-0.15, -0.1) is 0 Å². The molecule has 0 radical (unpaired) electrons. The molecular formula is C56H98O6. The van der Waals surface area contributed by atoms with Gasteiger partial charge < -0.3 is 14.2 Å². The van der Waals surface area contributed by atoms with Crippen LogP contribution in [0.3, 0.4) is 0 Å². The van der Waals surface area contributed by atoms with Crippen molar-refractivity contribution in [2.45, 2.75) is 264 Å². The Morgan fingerprint density at radius 2 is 0.645 bits per heavy atom. The maximum atomic E-state index is 12.8. The average Bonchev–Trinajstić information content (AvgIpc) is 3.27. The Labute approximate surface area is 383 Å². The number of hydrogen-bond acceptors (Lipinski definition) is 6. The van der Waals surface area contributed by atoms with Crippen molar-refractivity contribution in [3.05, 3.63) is 60.8 Å². The summed E-state index contributed by atoms with van der Waals surface area (Å²) in [4.78, 5) is 38.0. The highest BCUT2D eigenvalue weighted by Gasteiger charge is 2.19. The Kier molecular flexibility index (Phi) is 48.4. The molecule has 0 fully saturated rings. The highest BCUT2D eigenvalue weighted by molar-refractivity contribution is 5.71. The summed E-state index contributed by atoms with van der Waals surface area (Å²) in [6, 6.07) is 0. The van der Waals surface area contributed by atoms with Crippen molar-refractivity contribution < 1.29 is 28.6 Å². The molecule has 0 aromatic heterocycles. The third kappa shape index (κ3) is 48.1. The third-order valence-corrected chi connectivity index (χ3v) is 11.3. The summed E-state index contributed by atoms with van der Waals surface area (Å²) in [6.07, 6.45) is 62.1. The number of ether oxygens (including phenoxy) is 3. The standard InChI is InChI=1S/C56H98O6/c1-4-7-10-13-16-19-22-25-27-28-29-32-34-37-40-43-46-49-55(58)61-52-53(51-60-54(57)48-45-42-39-36-33-30-24-21-18-15-12-9-6-3)62-56(59)50-47-44-41-38-35-31-26-23-20-17-14-11-8-5-2/h8,11,17,20,25,27,29,32,37,40,53H,4-7,9-10,12-16,18-19,21-24,26,28,30-31,33-36,38-39,41-52H2,1-3H3/b11-8-,20-17-,27-25-,32-29-,40-37-. The van der Waals surface area contributed by atoms with Crippen LogP contribution >= 0.6 is 0 Å². The molecule has 0 spiro atoms. The molecule has 0 aromatic carbocycles. The number of rotatable bonds is 47. The first-order chi connectivity index (χ1) is 30.5. The summed E-state index contributed by atoms with van der Waals surface area (Å²) < 4.78 is 16.8. The molecule has 358 valence electrons. The van der Waals surface area contributed by atoms with Crippen molar-refractivity contribution in [2.75, 3.05) is 13.2 Å². The quantitative estimate of drug-likeness (QED) is 0.0262. The van der Waals surface area contributed by atoms with Crippen LogP contribution in [0.5, 0.6) is 0 Å². The molecule has 1 unspecified atom stereocenters. The first kappa shape index (κ1) is 59.1. The summed E-state index contributed by atoms with van der Waals surface area (Å²) >= 11 is 0. The Morgan fingerprint density at radius 1 is 0.339 bits per heavy atom. The topological polar surface area (TPSA) is 78.9 Å². The van der Waals surface area contributed by atoms with Gasteiger partial charge in [-0.1, -0.05) is 223 Å². The lowest BCUT2D eigenvalue weighted by Crippen LogP contribution is -2.30. The second kappa shape index (κ2) is 50.8. The van der Waals surface area contributed by atoms with Gasteiger partial charge >= 0.3 is 17.9 Å². The highest BCUT2D eigenvalue weighted by Crippen LogP contribution is 2.15. The Hall–Kier alpha value is -2.89. The normalized spacial score (nSPS) is 12.5. The van der Waals surface area contributed by atoms with Crippen LogP contribution in [0.2, 0.25) is 0 Å². The molecule has 0 aliphatic heterocycles. The maximum Gasteiger partial charge on any atom is 0.306 e. The fraction of sp³-hybridized carbons (Fsp3) is 0.768. The van der Waals surface area contributed by atoms with Crippen LogP contribution in [0.25, 0.3) is 0 Å². The number of hydrogen-bond donors (Lipinski definition) is 0. The van der Waals surface area contributed by atoms with Gasteiger partial charge in [0.25, 0.3) is 0 Å². The fourth-order valence-corrected chi connectivity index (χ4v) is 7.32. The Bertz CT molecular complexity index is 1130. The predicted molar refractivity (Wildman–Crippen MR) is 265 cm³/mol. The van der Waals surface area contributed by atoms with E-state index in [-0.39, 0.29) is 37.5 Å². The zero-order valence-electron chi connectivity index (χ0n) is 40.9. The SMILES string of the molecule is CC/C=C\C/C=C\CCCCCCCCCC(=O)OC(COC(=O)CCC/C=C\C/C=C\C/C=C\CCCCCCCC)COC(=O)CCCCCCCCCCCCCCC. The lowest BCUT2D eigenvalue weighted by atomic mass is 10.0. The van der Waals surface area contributed by atoms with Crippen molar-refractivity contribution in [1.82, 2.24) is 0 Å². The molecule has 62 heavy (non-hydrogen) atoms. The lowest BCUT2D eigenvalue weighted by molar-refractivity contribution is -0.167. The summed E-state index contributed by atoms with van der Waals surface area (Å²) in [5.74, 6) is -0.949. The minimum Gasteiger partial charge on any atom is -0.462 e. The van der Waals surface area contributed by atoms with Gasteiger partial charge in [0.1, 0.15) is 13.2 Å². The first-order valence-electron chi connectivity index (χ1n) is 26.3. The molecular weight excluding hydrogens is 769 g/mol. The minimum absolute atomic E-state index is 0.0912. The number of carbonyl (C=O) groups excluding carboxylic acids is 3. The smallest absolute Gasteiger partial charge is 0.306 e. The van der Waals surface area contributed by atoms with Crippen LogP contribution in [-0.4, -0.2) is 37.2 Å². The van der Waals surface area contributed by atoms with Crippen molar-refractivity contribution >= 4 is 17.9 Å². The third-order valence-electron chi connectivity index (χ3n) is 11.3. The summed E-state index contributed by atoms with van der Waals surface area (Å²) in [6.45, 7) is 6.48. The van der Waals surface area contributed by atoms with Gasteiger partial charge in [0.15, 0.2) is 6.10 Å². The van der Waals surface area contributed by atoms with E-state index in [1.165, 1.54) is 135 Å². The molecule has 0 rings (SSSR count). The van der Waals surface area contributed by atoms with E-state index in [4.69, 9.17) is 14.2 Å². The molecule has 0 aromatic rings. The van der Waals surface area contributed by atoms with E-state index in [1.54, 1.807) is 0 Å². The molecule has 0 amide bonds. The van der Waals surface area contributed by atoms with Gasteiger partial charge in [-0.05, 0) is 77.0 Å². The van der Waals surface area contributed by atoms with Crippen LogP contribution < -0.4 is 0 Å². The molecule has 0 bridgehead atoms. The van der Waals surface area contributed by atoms with E-state index >= 15 is 0 Å². The molecule has 1 atom stereocenters. The van der Waals surface area contributed by atoms with Crippen molar-refractivity contribution in [1.29, 1.82) is 0 Å². The van der Waals surface area contributed by atoms with Gasteiger partial charge in [0.05, 0.1) is 0 Å². The van der Waals surface area contributed by atoms with E-state index in [0.29, 0.717) is 19.3 Å². The Balaban J connectivity index is 4.44. The fourth-order valence-electron chi connectivity index (χ4n) is 7.32. The molecule has 0 heterocycles. The van der Waals surface area contributed by atoms with Crippen LogP contribution in [-0.2, 0) is 28.6 Å². The summed E-state index contributed by atoms with van der Waals surface area (Å²) in [5, 5.41) is 0. The van der Waals surface area contributed by atoms with Gasteiger partial charge in [-0.2, -0.15) is 0 Å². The zero-order valence-corrected chi connectivity index (χ0v) is 40.9. The van der Waals surface area contributed by atoms with E-state index in [9.17, 15) is 14.4 Å². The van der Waals surface area contributed by atoms with Gasteiger partial charge in [-0.3, -0.25) is 14.4 Å². The highest BCUT2D eigenvalue weighted by atomic mass is 16.6. The number of carbonyl (C=O) groups is 3. The molecule has 0 saturated heterocycles. The molecule has 0 saturated carbocycles.